The molecule has 1 rings (SSSR count). The standard InChI is InChI=1S/C11H19N3O2/c1-2-3-4-15-5-6-16-9-10-7-14-11(12)8-13-10/h7-8H,2-6,9H2,1H3,(H2,12,14). The maximum absolute atomic E-state index is 5.42. The minimum Gasteiger partial charge on any atom is -0.382 e. The van der Waals surface area contributed by atoms with Gasteiger partial charge in [0, 0.05) is 6.61 Å². The first-order chi connectivity index (χ1) is 7.83. The van der Waals surface area contributed by atoms with Crippen molar-refractivity contribution in [2.45, 2.75) is 26.4 Å². The third-order valence-corrected chi connectivity index (χ3v) is 1.99. The molecule has 0 saturated heterocycles. The number of rotatable bonds is 8. The van der Waals surface area contributed by atoms with Crippen LogP contribution in [0.3, 0.4) is 0 Å². The van der Waals surface area contributed by atoms with E-state index < -0.39 is 0 Å². The zero-order valence-corrected chi connectivity index (χ0v) is 9.69. The molecule has 0 saturated carbocycles. The fourth-order valence-electron chi connectivity index (χ4n) is 1.08. The highest BCUT2D eigenvalue weighted by atomic mass is 16.5. The monoisotopic (exact) mass is 225 g/mol. The van der Waals surface area contributed by atoms with Crippen molar-refractivity contribution in [3.05, 3.63) is 18.1 Å². The average molecular weight is 225 g/mol. The second kappa shape index (κ2) is 8.01. The number of aromatic nitrogens is 2. The molecule has 0 aliphatic carbocycles. The maximum Gasteiger partial charge on any atom is 0.141 e. The Morgan fingerprint density at radius 2 is 1.94 bits per heavy atom. The van der Waals surface area contributed by atoms with Gasteiger partial charge in [-0.15, -0.1) is 0 Å². The van der Waals surface area contributed by atoms with Gasteiger partial charge in [0.1, 0.15) is 5.82 Å². The molecule has 1 aromatic heterocycles. The van der Waals surface area contributed by atoms with Gasteiger partial charge in [-0.3, -0.25) is 4.98 Å². The summed E-state index contributed by atoms with van der Waals surface area (Å²) in [5.41, 5.74) is 6.20. The second-order valence-corrected chi connectivity index (χ2v) is 3.45. The van der Waals surface area contributed by atoms with Crippen LogP contribution in [0.1, 0.15) is 25.5 Å². The molecular formula is C11H19N3O2. The smallest absolute Gasteiger partial charge is 0.141 e. The van der Waals surface area contributed by atoms with Crippen LogP contribution in [0.25, 0.3) is 0 Å². The van der Waals surface area contributed by atoms with Crippen molar-refractivity contribution in [2.24, 2.45) is 0 Å². The van der Waals surface area contributed by atoms with Gasteiger partial charge in [0.2, 0.25) is 0 Å². The Labute approximate surface area is 96.0 Å². The van der Waals surface area contributed by atoms with Crippen LogP contribution in [-0.4, -0.2) is 29.8 Å². The molecule has 1 heterocycles. The van der Waals surface area contributed by atoms with Gasteiger partial charge >= 0.3 is 0 Å². The second-order valence-electron chi connectivity index (χ2n) is 3.45. The molecule has 16 heavy (non-hydrogen) atoms. The summed E-state index contributed by atoms with van der Waals surface area (Å²) in [7, 11) is 0. The summed E-state index contributed by atoms with van der Waals surface area (Å²) in [5, 5.41) is 0. The fraction of sp³-hybridized carbons (Fsp3) is 0.636. The molecule has 0 radical (unpaired) electrons. The Balaban J connectivity index is 2.01. The normalized spacial score (nSPS) is 10.6. The minimum absolute atomic E-state index is 0.423. The number of anilines is 1. The van der Waals surface area contributed by atoms with Gasteiger partial charge in [0.05, 0.1) is 37.9 Å². The van der Waals surface area contributed by atoms with Crippen molar-refractivity contribution in [3.8, 4) is 0 Å². The number of nitrogens with two attached hydrogens (primary N) is 1. The molecule has 0 spiro atoms. The molecule has 0 atom stereocenters. The van der Waals surface area contributed by atoms with E-state index >= 15 is 0 Å². The molecule has 0 bridgehead atoms. The fourth-order valence-corrected chi connectivity index (χ4v) is 1.08. The van der Waals surface area contributed by atoms with Crippen molar-refractivity contribution in [2.75, 3.05) is 25.6 Å². The van der Waals surface area contributed by atoms with Crippen molar-refractivity contribution in [1.82, 2.24) is 9.97 Å². The van der Waals surface area contributed by atoms with E-state index in [1.807, 2.05) is 0 Å². The number of unbranched alkanes of at least 4 members (excludes halogenated alkanes) is 1. The first kappa shape index (κ1) is 12.9. The van der Waals surface area contributed by atoms with Crippen LogP contribution in [0.5, 0.6) is 0 Å². The highest BCUT2D eigenvalue weighted by Gasteiger charge is 1.95. The molecule has 0 aliphatic heterocycles. The predicted octanol–water partition coefficient (Wildman–Crippen LogP) is 1.39. The Kier molecular flexibility index (Phi) is 6.44. The van der Waals surface area contributed by atoms with Gasteiger partial charge in [-0.25, -0.2) is 4.98 Å². The molecular weight excluding hydrogens is 206 g/mol. The van der Waals surface area contributed by atoms with Gasteiger partial charge in [-0.1, -0.05) is 13.3 Å². The Hall–Kier alpha value is -1.20. The number of nitrogen functional groups attached to an aromatic ring is 1. The van der Waals surface area contributed by atoms with Crippen LogP contribution in [-0.2, 0) is 16.1 Å². The first-order valence-electron chi connectivity index (χ1n) is 5.54. The Morgan fingerprint density at radius 3 is 2.62 bits per heavy atom. The van der Waals surface area contributed by atoms with Gasteiger partial charge in [-0.05, 0) is 6.42 Å². The molecule has 0 fully saturated rings. The summed E-state index contributed by atoms with van der Waals surface area (Å²) < 4.78 is 10.7. The van der Waals surface area contributed by atoms with Gasteiger partial charge in [-0.2, -0.15) is 0 Å². The zero-order chi connectivity index (χ0) is 11.6. The highest BCUT2D eigenvalue weighted by Crippen LogP contribution is 1.98. The topological polar surface area (TPSA) is 70.3 Å². The Bertz CT molecular complexity index is 277. The summed E-state index contributed by atoms with van der Waals surface area (Å²) >= 11 is 0. The van der Waals surface area contributed by atoms with Crippen molar-refractivity contribution >= 4 is 5.82 Å². The number of hydrogen-bond acceptors (Lipinski definition) is 5. The minimum atomic E-state index is 0.423. The summed E-state index contributed by atoms with van der Waals surface area (Å²) in [6, 6.07) is 0. The van der Waals surface area contributed by atoms with E-state index in [4.69, 9.17) is 15.2 Å². The first-order valence-corrected chi connectivity index (χ1v) is 5.54. The van der Waals surface area contributed by atoms with E-state index in [0.717, 1.165) is 25.1 Å². The van der Waals surface area contributed by atoms with Crippen LogP contribution in [0.15, 0.2) is 12.4 Å². The highest BCUT2D eigenvalue weighted by molar-refractivity contribution is 5.22. The van der Waals surface area contributed by atoms with E-state index in [1.165, 1.54) is 6.20 Å². The molecule has 5 nitrogen and oxygen atoms in total. The van der Waals surface area contributed by atoms with Crippen LogP contribution < -0.4 is 5.73 Å². The average Bonchev–Trinajstić information content (AvgIpc) is 2.30. The molecule has 0 unspecified atom stereocenters. The van der Waals surface area contributed by atoms with E-state index in [-0.39, 0.29) is 0 Å². The third kappa shape index (κ3) is 5.63. The lowest BCUT2D eigenvalue weighted by molar-refractivity contribution is 0.0385. The van der Waals surface area contributed by atoms with Gasteiger partial charge in [0.15, 0.2) is 0 Å². The van der Waals surface area contributed by atoms with E-state index in [9.17, 15) is 0 Å². The van der Waals surface area contributed by atoms with Crippen LogP contribution in [0.4, 0.5) is 5.82 Å². The summed E-state index contributed by atoms with van der Waals surface area (Å²) in [4.78, 5) is 7.99. The van der Waals surface area contributed by atoms with Crippen LogP contribution in [0, 0.1) is 0 Å². The predicted molar refractivity (Wildman–Crippen MR) is 61.8 cm³/mol. The van der Waals surface area contributed by atoms with Crippen molar-refractivity contribution < 1.29 is 9.47 Å². The van der Waals surface area contributed by atoms with E-state index in [2.05, 4.69) is 16.9 Å². The lowest BCUT2D eigenvalue weighted by Gasteiger charge is -2.04. The zero-order valence-electron chi connectivity index (χ0n) is 9.69. The van der Waals surface area contributed by atoms with Crippen molar-refractivity contribution in [1.29, 1.82) is 0 Å². The Morgan fingerprint density at radius 1 is 1.12 bits per heavy atom. The van der Waals surface area contributed by atoms with Gasteiger partial charge in [0.25, 0.3) is 0 Å². The summed E-state index contributed by atoms with van der Waals surface area (Å²) in [6.07, 6.45) is 5.40. The maximum atomic E-state index is 5.42. The lowest BCUT2D eigenvalue weighted by Crippen LogP contribution is -2.06. The summed E-state index contributed by atoms with van der Waals surface area (Å²) in [5.74, 6) is 0.423. The number of nitrogens with zero attached hydrogens (tertiary/aromatic N) is 2. The SMILES string of the molecule is CCCCOCCOCc1cnc(N)cn1. The van der Waals surface area contributed by atoms with Crippen LogP contribution in [0.2, 0.25) is 0 Å². The third-order valence-electron chi connectivity index (χ3n) is 1.99. The van der Waals surface area contributed by atoms with Crippen LogP contribution >= 0.6 is 0 Å². The molecule has 0 amide bonds. The van der Waals surface area contributed by atoms with E-state index in [1.54, 1.807) is 6.20 Å². The number of ether oxygens (including phenoxy) is 2. The molecule has 0 aromatic carbocycles. The van der Waals surface area contributed by atoms with Gasteiger partial charge < -0.3 is 15.2 Å². The molecule has 1 aromatic rings. The lowest BCUT2D eigenvalue weighted by atomic mass is 10.4. The molecule has 0 aliphatic rings. The van der Waals surface area contributed by atoms with Crippen molar-refractivity contribution in [3.63, 3.8) is 0 Å². The summed E-state index contributed by atoms with van der Waals surface area (Å²) in [6.45, 7) is 4.60. The molecule has 90 valence electrons. The largest absolute Gasteiger partial charge is 0.382 e. The molecule has 5 heteroatoms. The molecule has 2 N–H and O–H groups in total. The van der Waals surface area contributed by atoms with E-state index in [0.29, 0.717) is 25.6 Å². The number of hydrogen-bond donors (Lipinski definition) is 1. The quantitative estimate of drug-likeness (QED) is 0.677.